The maximum Gasteiger partial charge on any atom is 0.124 e. The quantitative estimate of drug-likeness (QED) is 0.897. The summed E-state index contributed by atoms with van der Waals surface area (Å²) >= 11 is 5.85. The van der Waals surface area contributed by atoms with Crippen molar-refractivity contribution in [3.63, 3.8) is 0 Å². The summed E-state index contributed by atoms with van der Waals surface area (Å²) in [6, 6.07) is 13.3. The first-order chi connectivity index (χ1) is 9.22. The Balaban J connectivity index is 2.11. The average Bonchev–Trinajstić information content (AvgIpc) is 2.46. The van der Waals surface area contributed by atoms with Gasteiger partial charge in [-0.1, -0.05) is 11.6 Å². The highest BCUT2D eigenvalue weighted by Gasteiger charge is 2.04. The fraction of sp³-hybridized carbons (Fsp3) is 0.200. The molecule has 4 heteroatoms. The van der Waals surface area contributed by atoms with Crippen LogP contribution in [0.15, 0.2) is 42.5 Å². The summed E-state index contributed by atoms with van der Waals surface area (Å²) in [7, 11) is 3.31. The standard InChI is InChI=1S/C15H16ClNO2/c1-18-14-7-8-15(19-2)11(9-14)10-17-13-5-3-12(16)4-6-13/h3-9,17H,10H2,1-2H3. The van der Waals surface area contributed by atoms with Crippen molar-refractivity contribution in [2.45, 2.75) is 6.54 Å². The molecule has 0 amide bonds. The van der Waals surface area contributed by atoms with Gasteiger partial charge in [-0.3, -0.25) is 0 Å². The van der Waals surface area contributed by atoms with Gasteiger partial charge in [0.05, 0.1) is 14.2 Å². The van der Waals surface area contributed by atoms with Gasteiger partial charge in [0.1, 0.15) is 11.5 Å². The van der Waals surface area contributed by atoms with Crippen molar-refractivity contribution in [1.82, 2.24) is 0 Å². The maximum atomic E-state index is 5.85. The number of hydrogen-bond acceptors (Lipinski definition) is 3. The van der Waals surface area contributed by atoms with Crippen LogP contribution in [-0.4, -0.2) is 14.2 Å². The molecule has 100 valence electrons. The fourth-order valence-electron chi connectivity index (χ4n) is 1.79. The van der Waals surface area contributed by atoms with E-state index in [-0.39, 0.29) is 0 Å². The minimum absolute atomic E-state index is 0.655. The Morgan fingerprint density at radius 1 is 1.00 bits per heavy atom. The molecule has 0 radical (unpaired) electrons. The SMILES string of the molecule is COc1ccc(OC)c(CNc2ccc(Cl)cc2)c1. The summed E-state index contributed by atoms with van der Waals surface area (Å²) in [5, 5.41) is 4.05. The van der Waals surface area contributed by atoms with Crippen molar-refractivity contribution in [1.29, 1.82) is 0 Å². The van der Waals surface area contributed by atoms with Crippen molar-refractivity contribution < 1.29 is 9.47 Å². The molecular weight excluding hydrogens is 262 g/mol. The second kappa shape index (κ2) is 6.34. The third-order valence-corrected chi connectivity index (χ3v) is 3.07. The molecule has 0 spiro atoms. The lowest BCUT2D eigenvalue weighted by Crippen LogP contribution is -2.02. The molecule has 1 N–H and O–H groups in total. The molecule has 2 rings (SSSR count). The highest BCUT2D eigenvalue weighted by molar-refractivity contribution is 6.30. The number of halogens is 1. The lowest BCUT2D eigenvalue weighted by atomic mass is 10.2. The molecule has 19 heavy (non-hydrogen) atoms. The van der Waals surface area contributed by atoms with Crippen LogP contribution < -0.4 is 14.8 Å². The van der Waals surface area contributed by atoms with E-state index >= 15 is 0 Å². The first-order valence-corrected chi connectivity index (χ1v) is 6.31. The van der Waals surface area contributed by atoms with Crippen LogP contribution in [0.1, 0.15) is 5.56 Å². The minimum Gasteiger partial charge on any atom is -0.497 e. The van der Waals surface area contributed by atoms with Crippen LogP contribution in [0.5, 0.6) is 11.5 Å². The van der Waals surface area contributed by atoms with Gasteiger partial charge in [0.15, 0.2) is 0 Å². The zero-order valence-corrected chi connectivity index (χ0v) is 11.7. The Morgan fingerprint density at radius 3 is 2.37 bits per heavy atom. The second-order valence-electron chi connectivity index (χ2n) is 4.04. The highest BCUT2D eigenvalue weighted by Crippen LogP contribution is 2.25. The Kier molecular flexibility index (Phi) is 4.53. The van der Waals surface area contributed by atoms with Crippen LogP contribution in [0, 0.1) is 0 Å². The van der Waals surface area contributed by atoms with Gasteiger partial charge in [-0.15, -0.1) is 0 Å². The predicted octanol–water partition coefficient (Wildman–Crippen LogP) is 3.97. The molecule has 2 aromatic rings. The molecule has 0 aliphatic rings. The Labute approximate surface area is 118 Å². The first kappa shape index (κ1) is 13.6. The lowest BCUT2D eigenvalue weighted by molar-refractivity contribution is 0.399. The Bertz CT molecular complexity index is 540. The van der Waals surface area contributed by atoms with Gasteiger partial charge < -0.3 is 14.8 Å². The third kappa shape index (κ3) is 3.55. The minimum atomic E-state index is 0.655. The summed E-state index contributed by atoms with van der Waals surface area (Å²) in [6.07, 6.45) is 0. The van der Waals surface area contributed by atoms with E-state index < -0.39 is 0 Å². The zero-order chi connectivity index (χ0) is 13.7. The topological polar surface area (TPSA) is 30.5 Å². The van der Waals surface area contributed by atoms with E-state index in [1.807, 2.05) is 42.5 Å². The number of rotatable bonds is 5. The van der Waals surface area contributed by atoms with Gasteiger partial charge in [-0.25, -0.2) is 0 Å². The van der Waals surface area contributed by atoms with Gasteiger partial charge >= 0.3 is 0 Å². The molecule has 0 fully saturated rings. The fourth-order valence-corrected chi connectivity index (χ4v) is 1.91. The number of benzene rings is 2. The Hall–Kier alpha value is -1.87. The lowest BCUT2D eigenvalue weighted by Gasteiger charge is -2.12. The van der Waals surface area contributed by atoms with E-state index in [0.717, 1.165) is 27.8 Å². The predicted molar refractivity (Wildman–Crippen MR) is 78.3 cm³/mol. The zero-order valence-electron chi connectivity index (χ0n) is 10.9. The van der Waals surface area contributed by atoms with Gasteiger partial charge in [-0.2, -0.15) is 0 Å². The highest BCUT2D eigenvalue weighted by atomic mass is 35.5. The van der Waals surface area contributed by atoms with Gasteiger partial charge in [-0.05, 0) is 42.5 Å². The molecule has 2 aromatic carbocycles. The normalized spacial score (nSPS) is 10.1. The number of anilines is 1. The molecule has 0 unspecified atom stereocenters. The van der Waals surface area contributed by atoms with E-state index in [1.165, 1.54) is 0 Å². The number of methoxy groups -OCH3 is 2. The summed E-state index contributed by atoms with van der Waals surface area (Å²) < 4.78 is 10.6. The average molecular weight is 278 g/mol. The number of ether oxygens (including phenoxy) is 2. The smallest absolute Gasteiger partial charge is 0.124 e. The molecule has 0 bridgehead atoms. The number of hydrogen-bond donors (Lipinski definition) is 1. The van der Waals surface area contributed by atoms with Crippen molar-refractivity contribution in [2.24, 2.45) is 0 Å². The van der Waals surface area contributed by atoms with E-state index in [9.17, 15) is 0 Å². The van der Waals surface area contributed by atoms with E-state index in [4.69, 9.17) is 21.1 Å². The van der Waals surface area contributed by atoms with Crippen molar-refractivity contribution in [3.8, 4) is 11.5 Å². The van der Waals surface area contributed by atoms with E-state index in [2.05, 4.69) is 5.32 Å². The van der Waals surface area contributed by atoms with Crippen molar-refractivity contribution >= 4 is 17.3 Å². The first-order valence-electron chi connectivity index (χ1n) is 5.93. The Morgan fingerprint density at radius 2 is 1.74 bits per heavy atom. The van der Waals surface area contributed by atoms with Crippen LogP contribution in [0.4, 0.5) is 5.69 Å². The summed E-state index contributed by atoms with van der Waals surface area (Å²) in [5.41, 5.74) is 2.05. The van der Waals surface area contributed by atoms with Crippen molar-refractivity contribution in [2.75, 3.05) is 19.5 Å². The maximum absolute atomic E-state index is 5.85. The molecule has 0 saturated heterocycles. The molecule has 0 saturated carbocycles. The molecule has 0 aliphatic heterocycles. The van der Waals surface area contributed by atoms with Crippen molar-refractivity contribution in [3.05, 3.63) is 53.1 Å². The van der Waals surface area contributed by atoms with Crippen LogP contribution >= 0.6 is 11.6 Å². The third-order valence-electron chi connectivity index (χ3n) is 2.81. The summed E-state index contributed by atoms with van der Waals surface area (Å²) in [5.74, 6) is 1.65. The van der Waals surface area contributed by atoms with E-state index in [1.54, 1.807) is 14.2 Å². The molecule has 3 nitrogen and oxygen atoms in total. The van der Waals surface area contributed by atoms with E-state index in [0.29, 0.717) is 6.54 Å². The molecular formula is C15H16ClNO2. The van der Waals surface area contributed by atoms with Crippen LogP contribution in [-0.2, 0) is 6.54 Å². The summed E-state index contributed by atoms with van der Waals surface area (Å²) in [4.78, 5) is 0. The molecule has 0 aromatic heterocycles. The van der Waals surface area contributed by atoms with Gasteiger partial charge in [0, 0.05) is 22.8 Å². The second-order valence-corrected chi connectivity index (χ2v) is 4.47. The molecule has 0 atom stereocenters. The van der Waals surface area contributed by atoms with Gasteiger partial charge in [0.2, 0.25) is 0 Å². The molecule has 0 aliphatic carbocycles. The van der Waals surface area contributed by atoms with Crippen LogP contribution in [0.25, 0.3) is 0 Å². The molecule has 0 heterocycles. The number of nitrogens with one attached hydrogen (secondary N) is 1. The largest absolute Gasteiger partial charge is 0.497 e. The van der Waals surface area contributed by atoms with Crippen LogP contribution in [0.2, 0.25) is 5.02 Å². The van der Waals surface area contributed by atoms with Gasteiger partial charge in [0.25, 0.3) is 0 Å². The monoisotopic (exact) mass is 277 g/mol. The van der Waals surface area contributed by atoms with Crippen LogP contribution in [0.3, 0.4) is 0 Å². The summed E-state index contributed by atoms with van der Waals surface area (Å²) in [6.45, 7) is 0.655.